The number of benzene rings is 2. The van der Waals surface area contributed by atoms with Crippen LogP contribution < -0.4 is 5.32 Å². The van der Waals surface area contributed by atoms with Gasteiger partial charge in [-0.25, -0.2) is 4.39 Å². The predicted octanol–water partition coefficient (Wildman–Crippen LogP) is 3.30. The van der Waals surface area contributed by atoms with E-state index in [0.717, 1.165) is 0 Å². The average molecular weight is 350 g/mol. The highest BCUT2D eigenvalue weighted by atomic mass is 19.1. The van der Waals surface area contributed by atoms with Crippen LogP contribution in [0.15, 0.2) is 48.5 Å². The highest BCUT2D eigenvalue weighted by Crippen LogP contribution is 2.21. The van der Waals surface area contributed by atoms with Crippen molar-refractivity contribution in [2.24, 2.45) is 5.92 Å². The van der Waals surface area contributed by atoms with Gasteiger partial charge < -0.3 is 10.2 Å². The normalized spacial score (nSPS) is 14.5. The van der Waals surface area contributed by atoms with Gasteiger partial charge in [0.25, 0.3) is 5.91 Å². The van der Waals surface area contributed by atoms with Crippen molar-refractivity contribution in [2.75, 3.05) is 18.4 Å². The van der Waals surface area contributed by atoms with Crippen LogP contribution in [-0.4, -0.2) is 29.8 Å². The molecule has 0 spiro atoms. The molecular formula is C21H19FN2O2. The van der Waals surface area contributed by atoms with Gasteiger partial charge in [-0.3, -0.25) is 9.59 Å². The standard InChI is InChI=1S/C21H19FN2O2/c1-2-15-4-3-5-19(14-15)23-20(25)16-10-12-24(13-11-16)21(26)17-6-8-18(22)9-7-17/h1,3-9,14,16H,10-13H2,(H,23,25). The van der Waals surface area contributed by atoms with Crippen LogP contribution in [-0.2, 0) is 4.79 Å². The summed E-state index contributed by atoms with van der Waals surface area (Å²) in [4.78, 5) is 26.6. The third-order valence-electron chi connectivity index (χ3n) is 4.54. The van der Waals surface area contributed by atoms with E-state index in [1.165, 1.54) is 24.3 Å². The predicted molar refractivity (Wildman–Crippen MR) is 98.0 cm³/mol. The van der Waals surface area contributed by atoms with E-state index in [2.05, 4.69) is 11.2 Å². The van der Waals surface area contributed by atoms with Gasteiger partial charge in [-0.15, -0.1) is 6.42 Å². The zero-order valence-electron chi connectivity index (χ0n) is 14.2. The van der Waals surface area contributed by atoms with Crippen molar-refractivity contribution < 1.29 is 14.0 Å². The fourth-order valence-corrected chi connectivity index (χ4v) is 3.05. The molecule has 5 heteroatoms. The molecule has 2 aromatic rings. The molecule has 3 rings (SSSR count). The van der Waals surface area contributed by atoms with Gasteiger partial charge in [0, 0.05) is 35.8 Å². The van der Waals surface area contributed by atoms with Crippen LogP contribution in [0, 0.1) is 24.1 Å². The number of rotatable bonds is 3. The maximum atomic E-state index is 13.0. The molecule has 0 atom stereocenters. The molecule has 1 heterocycles. The lowest BCUT2D eigenvalue weighted by Gasteiger charge is -2.31. The second-order valence-electron chi connectivity index (χ2n) is 6.29. The number of nitrogens with one attached hydrogen (secondary N) is 1. The molecule has 4 nitrogen and oxygen atoms in total. The van der Waals surface area contributed by atoms with Gasteiger partial charge >= 0.3 is 0 Å². The van der Waals surface area contributed by atoms with Crippen molar-refractivity contribution in [1.29, 1.82) is 0 Å². The number of anilines is 1. The number of hydrogen-bond acceptors (Lipinski definition) is 2. The largest absolute Gasteiger partial charge is 0.339 e. The summed E-state index contributed by atoms with van der Waals surface area (Å²) in [5.74, 6) is 1.82. The number of terminal acetylenes is 1. The van der Waals surface area contributed by atoms with Gasteiger partial charge in [-0.1, -0.05) is 12.0 Å². The second-order valence-corrected chi connectivity index (χ2v) is 6.29. The molecule has 1 N–H and O–H groups in total. The lowest BCUT2D eigenvalue weighted by molar-refractivity contribution is -0.121. The van der Waals surface area contributed by atoms with E-state index >= 15 is 0 Å². The third kappa shape index (κ3) is 4.09. The molecule has 0 unspecified atom stereocenters. The van der Waals surface area contributed by atoms with Gasteiger partial charge in [0.2, 0.25) is 5.91 Å². The zero-order valence-corrected chi connectivity index (χ0v) is 14.2. The highest BCUT2D eigenvalue weighted by Gasteiger charge is 2.27. The number of piperidine rings is 1. The van der Waals surface area contributed by atoms with E-state index in [1.54, 1.807) is 29.2 Å². The first-order chi connectivity index (χ1) is 12.6. The quantitative estimate of drug-likeness (QED) is 0.864. The van der Waals surface area contributed by atoms with Crippen LogP contribution >= 0.6 is 0 Å². The van der Waals surface area contributed by atoms with Gasteiger partial charge in [0.15, 0.2) is 0 Å². The van der Waals surface area contributed by atoms with Crippen molar-refractivity contribution in [3.63, 3.8) is 0 Å². The van der Waals surface area contributed by atoms with Gasteiger partial charge in [0.05, 0.1) is 0 Å². The zero-order chi connectivity index (χ0) is 18.5. The van der Waals surface area contributed by atoms with Crippen molar-refractivity contribution in [1.82, 2.24) is 4.90 Å². The first kappa shape index (κ1) is 17.7. The van der Waals surface area contributed by atoms with Crippen LogP contribution in [0.5, 0.6) is 0 Å². The molecule has 2 amide bonds. The Morgan fingerprint density at radius 3 is 2.46 bits per heavy atom. The molecule has 1 aliphatic rings. The Kier molecular flexibility index (Phi) is 5.33. The van der Waals surface area contributed by atoms with Crippen molar-refractivity contribution in [2.45, 2.75) is 12.8 Å². The number of carbonyl (C=O) groups is 2. The molecule has 26 heavy (non-hydrogen) atoms. The number of nitrogens with zero attached hydrogens (tertiary/aromatic N) is 1. The molecule has 0 aliphatic carbocycles. The lowest BCUT2D eigenvalue weighted by atomic mass is 9.95. The molecular weight excluding hydrogens is 331 g/mol. The first-order valence-electron chi connectivity index (χ1n) is 8.49. The Hall–Kier alpha value is -3.13. The van der Waals surface area contributed by atoms with E-state index in [9.17, 15) is 14.0 Å². The SMILES string of the molecule is C#Cc1cccc(NC(=O)C2CCN(C(=O)c3ccc(F)cc3)CC2)c1. The van der Waals surface area contributed by atoms with Crippen molar-refractivity contribution >= 4 is 17.5 Å². The van der Waals surface area contributed by atoms with E-state index in [1.807, 2.05) is 0 Å². The number of likely N-dealkylation sites (tertiary alicyclic amines) is 1. The average Bonchev–Trinajstić information content (AvgIpc) is 2.68. The number of carbonyl (C=O) groups excluding carboxylic acids is 2. The molecule has 1 aliphatic heterocycles. The molecule has 0 radical (unpaired) electrons. The summed E-state index contributed by atoms with van der Waals surface area (Å²) in [7, 11) is 0. The summed E-state index contributed by atoms with van der Waals surface area (Å²) in [6, 6.07) is 12.7. The smallest absolute Gasteiger partial charge is 0.253 e. The topological polar surface area (TPSA) is 49.4 Å². The molecule has 1 fully saturated rings. The fraction of sp³-hybridized carbons (Fsp3) is 0.238. The van der Waals surface area contributed by atoms with E-state index < -0.39 is 0 Å². The monoisotopic (exact) mass is 350 g/mol. The molecule has 1 saturated heterocycles. The Balaban J connectivity index is 1.56. The summed E-state index contributed by atoms with van der Waals surface area (Å²) in [6.07, 6.45) is 6.55. The van der Waals surface area contributed by atoms with Crippen LogP contribution in [0.1, 0.15) is 28.8 Å². The fourth-order valence-electron chi connectivity index (χ4n) is 3.05. The van der Waals surface area contributed by atoms with Gasteiger partial charge in [0.1, 0.15) is 5.82 Å². The lowest BCUT2D eigenvalue weighted by Crippen LogP contribution is -2.41. The number of hydrogen-bond donors (Lipinski definition) is 1. The number of halogens is 1. The summed E-state index contributed by atoms with van der Waals surface area (Å²) >= 11 is 0. The van der Waals surface area contributed by atoms with E-state index in [4.69, 9.17) is 6.42 Å². The van der Waals surface area contributed by atoms with Crippen molar-refractivity contribution in [3.05, 3.63) is 65.5 Å². The number of amides is 2. The molecule has 132 valence electrons. The highest BCUT2D eigenvalue weighted by molar-refractivity contribution is 5.95. The third-order valence-corrected chi connectivity index (χ3v) is 4.54. The molecule has 0 bridgehead atoms. The minimum atomic E-state index is -0.370. The maximum absolute atomic E-state index is 13.0. The minimum absolute atomic E-state index is 0.0620. The summed E-state index contributed by atoms with van der Waals surface area (Å²) in [5.41, 5.74) is 1.85. The van der Waals surface area contributed by atoms with Gasteiger partial charge in [-0.05, 0) is 55.3 Å². The maximum Gasteiger partial charge on any atom is 0.253 e. The van der Waals surface area contributed by atoms with Crippen LogP contribution in [0.4, 0.5) is 10.1 Å². The molecule has 0 saturated carbocycles. The minimum Gasteiger partial charge on any atom is -0.339 e. The first-order valence-corrected chi connectivity index (χ1v) is 8.49. The Morgan fingerprint density at radius 2 is 1.81 bits per heavy atom. The Bertz CT molecular complexity index is 847. The van der Waals surface area contributed by atoms with Crippen LogP contribution in [0.2, 0.25) is 0 Å². The van der Waals surface area contributed by atoms with E-state index in [-0.39, 0.29) is 23.5 Å². The Morgan fingerprint density at radius 1 is 1.12 bits per heavy atom. The molecule has 2 aromatic carbocycles. The summed E-state index contributed by atoms with van der Waals surface area (Å²) in [5, 5.41) is 2.89. The summed E-state index contributed by atoms with van der Waals surface area (Å²) in [6.45, 7) is 0.997. The van der Waals surface area contributed by atoms with E-state index in [0.29, 0.717) is 42.7 Å². The van der Waals surface area contributed by atoms with Gasteiger partial charge in [-0.2, -0.15) is 0 Å². The second kappa shape index (κ2) is 7.83. The molecule has 0 aromatic heterocycles. The Labute approximate surface area is 152 Å². The van der Waals surface area contributed by atoms with Crippen LogP contribution in [0.25, 0.3) is 0 Å². The summed E-state index contributed by atoms with van der Waals surface area (Å²) < 4.78 is 13.0. The van der Waals surface area contributed by atoms with Crippen LogP contribution in [0.3, 0.4) is 0 Å². The van der Waals surface area contributed by atoms with Crippen molar-refractivity contribution in [3.8, 4) is 12.3 Å².